The molecule has 2 atom stereocenters. The maximum Gasteiger partial charge on any atom is 0.220 e. The normalized spacial score (nSPS) is 23.3. The van der Waals surface area contributed by atoms with Crippen molar-refractivity contribution >= 4 is 11.9 Å². The molecule has 0 aromatic heterocycles. The molecule has 0 bridgehead atoms. The van der Waals surface area contributed by atoms with E-state index in [1.165, 1.54) is 12.1 Å². The van der Waals surface area contributed by atoms with Gasteiger partial charge in [0.1, 0.15) is 11.9 Å². The number of halogens is 1. The summed E-state index contributed by atoms with van der Waals surface area (Å²) in [6.45, 7) is 10.1. The highest BCUT2D eigenvalue weighted by atomic mass is 19.1. The molecular formula is C24H38FN5O2. The van der Waals surface area contributed by atoms with Crippen molar-refractivity contribution in [3.05, 3.63) is 35.6 Å². The number of aliphatic imine (C=N–C) groups is 1. The van der Waals surface area contributed by atoms with Gasteiger partial charge in [0.15, 0.2) is 5.96 Å². The highest BCUT2D eigenvalue weighted by Gasteiger charge is 2.28. The molecule has 1 amide bonds. The fourth-order valence-electron chi connectivity index (χ4n) is 4.48. The van der Waals surface area contributed by atoms with E-state index in [1.54, 1.807) is 12.1 Å². The molecule has 32 heavy (non-hydrogen) atoms. The molecule has 2 saturated heterocycles. The standard InChI is InChI=1S/C24H38FN5O2/c1-3-27-24(28-12-4-5-13-29-14-10-20(11-15-29)23(26)31)30-16-18(2)32-22(17-30)19-6-8-21(25)9-7-19/h6-9,18,20,22H,3-5,10-17H2,1-2H3,(H2,26,31)(H,27,28). The van der Waals surface area contributed by atoms with E-state index in [1.807, 2.05) is 0 Å². The van der Waals surface area contributed by atoms with E-state index in [0.29, 0.717) is 6.54 Å². The third-order valence-corrected chi connectivity index (χ3v) is 6.27. The van der Waals surface area contributed by atoms with E-state index in [4.69, 9.17) is 15.5 Å². The quantitative estimate of drug-likeness (QED) is 0.364. The fourth-order valence-corrected chi connectivity index (χ4v) is 4.48. The first kappa shape index (κ1) is 24.5. The number of likely N-dealkylation sites (tertiary alicyclic amines) is 1. The minimum Gasteiger partial charge on any atom is -0.369 e. The summed E-state index contributed by atoms with van der Waals surface area (Å²) < 4.78 is 19.4. The summed E-state index contributed by atoms with van der Waals surface area (Å²) in [6.07, 6.45) is 3.82. The molecule has 1 aromatic carbocycles. The molecule has 8 heteroatoms. The van der Waals surface area contributed by atoms with Crippen molar-refractivity contribution < 1.29 is 13.9 Å². The lowest BCUT2D eigenvalue weighted by Crippen LogP contribution is -2.50. The second-order valence-electron chi connectivity index (χ2n) is 8.85. The number of carbonyl (C=O) groups is 1. The Labute approximate surface area is 191 Å². The summed E-state index contributed by atoms with van der Waals surface area (Å²) >= 11 is 0. The average molecular weight is 448 g/mol. The maximum atomic E-state index is 13.3. The number of hydrogen-bond donors (Lipinski definition) is 2. The molecule has 2 heterocycles. The van der Waals surface area contributed by atoms with Crippen LogP contribution in [0.15, 0.2) is 29.3 Å². The maximum absolute atomic E-state index is 13.3. The number of nitrogens with two attached hydrogens (primary N) is 1. The van der Waals surface area contributed by atoms with Crippen molar-refractivity contribution in [3.63, 3.8) is 0 Å². The smallest absolute Gasteiger partial charge is 0.220 e. The molecule has 1 aromatic rings. The van der Waals surface area contributed by atoms with Crippen LogP contribution >= 0.6 is 0 Å². The van der Waals surface area contributed by atoms with E-state index >= 15 is 0 Å². The zero-order chi connectivity index (χ0) is 22.9. The molecule has 2 aliphatic rings. The summed E-state index contributed by atoms with van der Waals surface area (Å²) in [5.74, 6) is 0.570. The lowest BCUT2D eigenvalue weighted by molar-refractivity contribution is -0.123. The van der Waals surface area contributed by atoms with Gasteiger partial charge >= 0.3 is 0 Å². The van der Waals surface area contributed by atoms with Gasteiger partial charge in [-0.05, 0) is 76.9 Å². The van der Waals surface area contributed by atoms with Crippen LogP contribution in [0.5, 0.6) is 0 Å². The van der Waals surface area contributed by atoms with E-state index in [9.17, 15) is 9.18 Å². The summed E-state index contributed by atoms with van der Waals surface area (Å²) in [7, 11) is 0. The Morgan fingerprint density at radius 1 is 1.22 bits per heavy atom. The SMILES string of the molecule is CCNC(=NCCCCN1CCC(C(N)=O)CC1)N1CC(C)OC(c2ccc(F)cc2)C1. The number of morpholine rings is 1. The van der Waals surface area contributed by atoms with Crippen molar-refractivity contribution in [2.24, 2.45) is 16.6 Å². The number of ether oxygens (including phenoxy) is 1. The minimum absolute atomic E-state index is 0.0492. The number of amides is 1. The average Bonchev–Trinajstić information content (AvgIpc) is 2.78. The first-order chi connectivity index (χ1) is 15.5. The van der Waals surface area contributed by atoms with Gasteiger partial charge in [0.05, 0.1) is 12.6 Å². The van der Waals surface area contributed by atoms with E-state index in [2.05, 4.69) is 29.0 Å². The fraction of sp³-hybridized carbons (Fsp3) is 0.667. The molecule has 3 rings (SSSR count). The van der Waals surface area contributed by atoms with Gasteiger partial charge < -0.3 is 25.6 Å². The van der Waals surface area contributed by atoms with Gasteiger partial charge in [-0.25, -0.2) is 4.39 Å². The predicted molar refractivity (Wildman–Crippen MR) is 125 cm³/mol. The van der Waals surface area contributed by atoms with E-state index in [-0.39, 0.29) is 29.9 Å². The topological polar surface area (TPSA) is 83.2 Å². The van der Waals surface area contributed by atoms with Crippen LogP contribution in [0, 0.1) is 11.7 Å². The number of primary amides is 1. The van der Waals surface area contributed by atoms with Crippen LogP contribution in [0.25, 0.3) is 0 Å². The summed E-state index contributed by atoms with van der Waals surface area (Å²) in [4.78, 5) is 20.8. The number of guanidine groups is 1. The van der Waals surface area contributed by atoms with Crippen LogP contribution in [0.3, 0.4) is 0 Å². The number of piperidine rings is 1. The van der Waals surface area contributed by atoms with Crippen LogP contribution in [0.4, 0.5) is 4.39 Å². The second kappa shape index (κ2) is 12.2. The number of nitrogens with zero attached hydrogens (tertiary/aromatic N) is 3. The van der Waals surface area contributed by atoms with E-state index in [0.717, 1.165) is 76.5 Å². The molecule has 2 fully saturated rings. The zero-order valence-corrected chi connectivity index (χ0v) is 19.4. The van der Waals surface area contributed by atoms with Crippen molar-refractivity contribution in [3.8, 4) is 0 Å². The lowest BCUT2D eigenvalue weighted by atomic mass is 9.96. The van der Waals surface area contributed by atoms with Gasteiger partial charge in [0.2, 0.25) is 5.91 Å². The summed E-state index contributed by atoms with van der Waals surface area (Å²) in [6, 6.07) is 6.56. The first-order valence-electron chi connectivity index (χ1n) is 11.9. The van der Waals surface area contributed by atoms with E-state index < -0.39 is 0 Å². The molecule has 0 spiro atoms. The third-order valence-electron chi connectivity index (χ3n) is 6.27. The highest BCUT2D eigenvalue weighted by molar-refractivity contribution is 5.80. The Bertz CT molecular complexity index is 749. The second-order valence-corrected chi connectivity index (χ2v) is 8.85. The van der Waals surface area contributed by atoms with Crippen LogP contribution in [0.2, 0.25) is 0 Å². The van der Waals surface area contributed by atoms with Crippen molar-refractivity contribution in [2.45, 2.75) is 51.7 Å². The molecule has 0 saturated carbocycles. The van der Waals surface area contributed by atoms with Crippen molar-refractivity contribution in [2.75, 3.05) is 45.8 Å². The van der Waals surface area contributed by atoms with Crippen LogP contribution in [-0.4, -0.2) is 73.6 Å². The Morgan fingerprint density at radius 2 is 1.94 bits per heavy atom. The number of carbonyl (C=O) groups excluding carboxylic acids is 1. The first-order valence-corrected chi connectivity index (χ1v) is 11.9. The van der Waals surface area contributed by atoms with Crippen LogP contribution in [0.1, 0.15) is 51.2 Å². The van der Waals surface area contributed by atoms with Gasteiger partial charge in [-0.2, -0.15) is 0 Å². The number of benzene rings is 1. The van der Waals surface area contributed by atoms with Crippen LogP contribution in [-0.2, 0) is 9.53 Å². The number of rotatable bonds is 8. The van der Waals surface area contributed by atoms with Gasteiger partial charge in [0.25, 0.3) is 0 Å². The number of nitrogens with one attached hydrogen (secondary N) is 1. The van der Waals surface area contributed by atoms with Crippen molar-refractivity contribution in [1.82, 2.24) is 15.1 Å². The molecule has 3 N–H and O–H groups in total. The summed E-state index contributed by atoms with van der Waals surface area (Å²) in [5.41, 5.74) is 6.40. The molecule has 7 nitrogen and oxygen atoms in total. The lowest BCUT2D eigenvalue weighted by Gasteiger charge is -2.38. The molecular weight excluding hydrogens is 409 g/mol. The highest BCUT2D eigenvalue weighted by Crippen LogP contribution is 2.25. The van der Waals surface area contributed by atoms with Gasteiger partial charge in [-0.3, -0.25) is 9.79 Å². The number of unbranched alkanes of at least 4 members (excludes halogenated alkanes) is 1. The zero-order valence-electron chi connectivity index (χ0n) is 19.4. The molecule has 2 unspecified atom stereocenters. The predicted octanol–water partition coefficient (Wildman–Crippen LogP) is 2.53. The third kappa shape index (κ3) is 7.17. The Kier molecular flexibility index (Phi) is 9.29. The monoisotopic (exact) mass is 447 g/mol. The van der Waals surface area contributed by atoms with Gasteiger partial charge in [-0.1, -0.05) is 12.1 Å². The Morgan fingerprint density at radius 3 is 2.59 bits per heavy atom. The Balaban J connectivity index is 1.48. The molecule has 2 aliphatic heterocycles. The summed E-state index contributed by atoms with van der Waals surface area (Å²) in [5, 5.41) is 3.42. The minimum atomic E-state index is -0.235. The van der Waals surface area contributed by atoms with Gasteiger partial charge in [0, 0.05) is 25.6 Å². The Hall–Kier alpha value is -2.19. The molecule has 0 radical (unpaired) electrons. The molecule has 0 aliphatic carbocycles. The van der Waals surface area contributed by atoms with Crippen molar-refractivity contribution in [1.29, 1.82) is 0 Å². The largest absolute Gasteiger partial charge is 0.369 e. The van der Waals surface area contributed by atoms with Gasteiger partial charge in [-0.15, -0.1) is 0 Å². The number of hydrogen-bond acceptors (Lipinski definition) is 4. The molecule has 178 valence electrons. The van der Waals surface area contributed by atoms with Crippen LogP contribution < -0.4 is 11.1 Å².